The molecule has 42 heavy (non-hydrogen) atoms. The number of halogens is 1. The van der Waals surface area contributed by atoms with Gasteiger partial charge in [0.25, 0.3) is 5.91 Å². The number of carbonyl (C=O) groups excluding carboxylic acids is 2. The summed E-state index contributed by atoms with van der Waals surface area (Å²) in [6.07, 6.45) is 0.782. The summed E-state index contributed by atoms with van der Waals surface area (Å²) in [4.78, 5) is 36.4. The van der Waals surface area contributed by atoms with E-state index in [9.17, 15) is 14.0 Å². The number of rotatable bonds is 6. The first kappa shape index (κ1) is 27.7. The standard InChI is InChI=1S/C33H29FN2O5S/c1-39-27-17-21(18-28(40-2)32(27)41-3)33(38)36-25-8-5-4-7-23(25)35-24-15-20(19-10-12-22(34)13-11-19)16-26(37)30(24)31(36)29-9-6-14-42-29/h4-14,17-18,20,30-31H,15-16H2,1-3H3/t20-,30?,31-/m1/s1. The Kier molecular flexibility index (Phi) is 7.51. The molecule has 1 amide bonds. The number of para-hydroxylation sites is 2. The number of methoxy groups -OCH3 is 3. The number of nitrogens with zero attached hydrogens (tertiary/aromatic N) is 2. The molecular formula is C33H29FN2O5S. The molecule has 1 aliphatic carbocycles. The molecule has 1 unspecified atom stereocenters. The maximum absolute atomic E-state index is 14.6. The second-order valence-corrected chi connectivity index (χ2v) is 11.2. The van der Waals surface area contributed by atoms with Crippen molar-refractivity contribution in [3.05, 3.63) is 100.0 Å². The van der Waals surface area contributed by atoms with Gasteiger partial charge in [0.2, 0.25) is 5.75 Å². The number of aliphatic imine (C=N–C) groups is 1. The number of ketones is 1. The third-order valence-electron chi connectivity index (χ3n) is 7.91. The van der Waals surface area contributed by atoms with E-state index in [2.05, 4.69) is 0 Å². The van der Waals surface area contributed by atoms with Crippen molar-refractivity contribution in [1.29, 1.82) is 0 Å². The summed E-state index contributed by atoms with van der Waals surface area (Å²) in [5.41, 5.74) is 3.12. The first-order chi connectivity index (χ1) is 20.4. The highest BCUT2D eigenvalue weighted by molar-refractivity contribution is 7.10. The second kappa shape index (κ2) is 11.4. The number of ether oxygens (including phenoxy) is 3. The zero-order chi connectivity index (χ0) is 29.4. The van der Waals surface area contributed by atoms with Crippen LogP contribution in [-0.2, 0) is 4.79 Å². The molecule has 4 aromatic rings. The quantitative estimate of drug-likeness (QED) is 0.241. The van der Waals surface area contributed by atoms with Crippen LogP contribution in [0.3, 0.4) is 0 Å². The van der Waals surface area contributed by atoms with E-state index in [1.165, 1.54) is 44.8 Å². The topological polar surface area (TPSA) is 77.4 Å². The summed E-state index contributed by atoms with van der Waals surface area (Å²) in [6.45, 7) is 0. The highest BCUT2D eigenvalue weighted by atomic mass is 32.1. The maximum Gasteiger partial charge on any atom is 0.259 e. The highest BCUT2D eigenvalue weighted by Crippen LogP contribution is 2.49. The Balaban J connectivity index is 1.51. The lowest BCUT2D eigenvalue weighted by Crippen LogP contribution is -2.45. The van der Waals surface area contributed by atoms with Crippen molar-refractivity contribution in [2.45, 2.75) is 24.8 Å². The highest BCUT2D eigenvalue weighted by Gasteiger charge is 2.47. The number of anilines is 1. The molecule has 0 N–H and O–H groups in total. The molecule has 2 heterocycles. The minimum Gasteiger partial charge on any atom is -0.493 e. The van der Waals surface area contributed by atoms with Gasteiger partial charge in [-0.2, -0.15) is 0 Å². The molecular weight excluding hydrogens is 555 g/mol. The fourth-order valence-electron chi connectivity index (χ4n) is 6.00. The van der Waals surface area contributed by atoms with Crippen LogP contribution in [0, 0.1) is 11.7 Å². The zero-order valence-electron chi connectivity index (χ0n) is 23.4. The van der Waals surface area contributed by atoms with Crippen molar-refractivity contribution in [1.82, 2.24) is 0 Å². The minimum atomic E-state index is -0.654. The lowest BCUT2D eigenvalue weighted by molar-refractivity contribution is -0.122. The van der Waals surface area contributed by atoms with Crippen LogP contribution in [0.25, 0.3) is 0 Å². The van der Waals surface area contributed by atoms with Crippen molar-refractivity contribution in [3.63, 3.8) is 0 Å². The Morgan fingerprint density at radius 1 is 0.929 bits per heavy atom. The molecule has 3 atom stereocenters. The fraction of sp³-hybridized carbons (Fsp3) is 0.242. The van der Waals surface area contributed by atoms with E-state index in [1.807, 2.05) is 41.8 Å². The molecule has 0 radical (unpaired) electrons. The van der Waals surface area contributed by atoms with Crippen LogP contribution >= 0.6 is 11.3 Å². The van der Waals surface area contributed by atoms with E-state index in [0.29, 0.717) is 46.3 Å². The molecule has 1 saturated carbocycles. The van der Waals surface area contributed by atoms with Crippen LogP contribution in [0.1, 0.15) is 45.6 Å². The van der Waals surface area contributed by atoms with Crippen molar-refractivity contribution >= 4 is 40.1 Å². The van der Waals surface area contributed by atoms with Gasteiger partial charge >= 0.3 is 0 Å². The summed E-state index contributed by atoms with van der Waals surface area (Å²) >= 11 is 1.50. The number of amides is 1. The fourth-order valence-corrected chi connectivity index (χ4v) is 6.85. The molecule has 0 spiro atoms. The third kappa shape index (κ3) is 4.83. The minimum absolute atomic E-state index is 0.0109. The van der Waals surface area contributed by atoms with Gasteiger partial charge in [-0.05, 0) is 65.7 Å². The number of hydrogen-bond acceptors (Lipinski definition) is 7. The lowest BCUT2D eigenvalue weighted by Gasteiger charge is -2.38. The first-order valence-corrected chi connectivity index (χ1v) is 14.4. The van der Waals surface area contributed by atoms with Crippen LogP contribution in [0.15, 0.2) is 83.2 Å². The van der Waals surface area contributed by atoms with E-state index in [1.54, 1.807) is 29.2 Å². The first-order valence-electron chi connectivity index (χ1n) is 13.5. The zero-order valence-corrected chi connectivity index (χ0v) is 24.2. The van der Waals surface area contributed by atoms with Crippen LogP contribution in [0.4, 0.5) is 15.8 Å². The molecule has 0 bridgehead atoms. The summed E-state index contributed by atoms with van der Waals surface area (Å²) in [6, 6.07) is 20.2. The van der Waals surface area contributed by atoms with E-state index in [0.717, 1.165) is 10.4 Å². The van der Waals surface area contributed by atoms with Gasteiger partial charge in [0.05, 0.1) is 44.7 Å². The summed E-state index contributed by atoms with van der Waals surface area (Å²) in [5.74, 6) is -0.373. The van der Waals surface area contributed by atoms with E-state index in [-0.39, 0.29) is 29.8 Å². The second-order valence-electron chi connectivity index (χ2n) is 10.2. The average molecular weight is 585 g/mol. The van der Waals surface area contributed by atoms with Crippen molar-refractivity contribution < 1.29 is 28.2 Å². The van der Waals surface area contributed by atoms with E-state index in [4.69, 9.17) is 19.2 Å². The van der Waals surface area contributed by atoms with Gasteiger partial charge < -0.3 is 14.2 Å². The molecule has 1 fully saturated rings. The smallest absolute Gasteiger partial charge is 0.259 e. The van der Waals surface area contributed by atoms with Crippen molar-refractivity contribution in [2.75, 3.05) is 26.2 Å². The normalized spacial score (nSPS) is 19.7. The van der Waals surface area contributed by atoms with Crippen LogP contribution in [0.5, 0.6) is 17.2 Å². The molecule has 214 valence electrons. The van der Waals surface area contributed by atoms with Gasteiger partial charge in [0.15, 0.2) is 11.5 Å². The molecule has 9 heteroatoms. The predicted molar refractivity (Wildman–Crippen MR) is 160 cm³/mol. The molecule has 2 aliphatic rings. The molecule has 3 aromatic carbocycles. The molecule has 1 aliphatic heterocycles. The van der Waals surface area contributed by atoms with Gasteiger partial charge in [-0.3, -0.25) is 19.5 Å². The Morgan fingerprint density at radius 3 is 2.29 bits per heavy atom. The molecule has 7 nitrogen and oxygen atoms in total. The Hall–Kier alpha value is -4.50. The number of benzene rings is 3. The average Bonchev–Trinajstić information content (AvgIpc) is 3.50. The van der Waals surface area contributed by atoms with Gasteiger partial charge in [-0.1, -0.05) is 30.3 Å². The number of carbonyl (C=O) groups is 2. The number of hydrogen-bond donors (Lipinski definition) is 0. The largest absolute Gasteiger partial charge is 0.493 e. The number of Topliss-reactive ketones (excluding diaryl/α,β-unsaturated/α-hetero) is 1. The van der Waals surface area contributed by atoms with Crippen molar-refractivity contribution in [2.24, 2.45) is 10.9 Å². The Bertz CT molecular complexity index is 1640. The monoisotopic (exact) mass is 584 g/mol. The Labute approximate surface area is 247 Å². The number of thiophene rings is 1. The van der Waals surface area contributed by atoms with Crippen LogP contribution < -0.4 is 19.1 Å². The van der Waals surface area contributed by atoms with Crippen LogP contribution in [0.2, 0.25) is 0 Å². The number of fused-ring (bicyclic) bond motifs is 2. The van der Waals surface area contributed by atoms with Gasteiger partial charge in [0, 0.05) is 22.6 Å². The summed E-state index contributed by atoms with van der Waals surface area (Å²) < 4.78 is 30.2. The summed E-state index contributed by atoms with van der Waals surface area (Å²) in [7, 11) is 4.51. The summed E-state index contributed by atoms with van der Waals surface area (Å²) in [5, 5.41) is 1.94. The van der Waals surface area contributed by atoms with Gasteiger partial charge in [-0.15, -0.1) is 11.3 Å². The van der Waals surface area contributed by atoms with E-state index < -0.39 is 12.0 Å². The van der Waals surface area contributed by atoms with Gasteiger partial charge in [0.1, 0.15) is 11.6 Å². The van der Waals surface area contributed by atoms with E-state index >= 15 is 0 Å². The maximum atomic E-state index is 14.6. The Morgan fingerprint density at radius 2 is 1.64 bits per heavy atom. The lowest BCUT2D eigenvalue weighted by atomic mass is 9.73. The SMILES string of the molecule is COc1cc(C(=O)N2c3ccccc3N=C3C[C@@H](c4ccc(F)cc4)CC(=O)C3[C@H]2c2cccs2)cc(OC)c1OC. The molecule has 1 aromatic heterocycles. The predicted octanol–water partition coefficient (Wildman–Crippen LogP) is 7.15. The van der Waals surface area contributed by atoms with Crippen molar-refractivity contribution in [3.8, 4) is 17.2 Å². The molecule has 6 rings (SSSR count). The van der Waals surface area contributed by atoms with Gasteiger partial charge in [-0.25, -0.2) is 4.39 Å². The third-order valence-corrected chi connectivity index (χ3v) is 8.86. The van der Waals surface area contributed by atoms with Crippen LogP contribution in [-0.4, -0.2) is 38.7 Å². The molecule has 0 saturated heterocycles.